The summed E-state index contributed by atoms with van der Waals surface area (Å²) in [5.74, 6) is -0.542. The van der Waals surface area contributed by atoms with Crippen LogP contribution in [0.4, 0.5) is 5.82 Å². The number of aryl methyl sites for hydroxylation is 2. The predicted octanol–water partition coefficient (Wildman–Crippen LogP) is 4.03. The Morgan fingerprint density at radius 3 is 2.75 bits per heavy atom. The molecule has 1 aliphatic rings. The zero-order valence-corrected chi connectivity index (χ0v) is 23.8. The Hall–Kier alpha value is -3.50. The average molecular weight is 551 g/mol. The maximum absolute atomic E-state index is 12.9. The molecule has 10 heteroatoms. The molecule has 1 aromatic carbocycles. The molecule has 0 radical (unpaired) electrons. The standard InChI is InChI=1S/C30H42N6O4/c1-30(2,3)40-20-19-36(17-7-6-10-22-14-13-21-9-8-16-31-27(21)32-22)18-15-25(29(38)39)33-28(37)26-23-11-4-5-12-24(23)34-35-26/h4-5,11-14,25H,6-10,15-20H2,1-3H3,(H,31,32)(H,33,37)(H,34,35)(H,38,39). The molecule has 216 valence electrons. The highest BCUT2D eigenvalue weighted by Crippen LogP contribution is 2.20. The lowest BCUT2D eigenvalue weighted by molar-refractivity contribution is -0.139. The van der Waals surface area contributed by atoms with Crippen molar-refractivity contribution in [3.05, 3.63) is 53.3 Å². The van der Waals surface area contributed by atoms with Gasteiger partial charge in [-0.25, -0.2) is 9.78 Å². The number of H-pyrrole nitrogens is 1. The lowest BCUT2D eigenvalue weighted by Crippen LogP contribution is -2.44. The Kier molecular flexibility index (Phi) is 10.1. The molecule has 0 bridgehead atoms. The van der Waals surface area contributed by atoms with E-state index in [1.165, 1.54) is 5.56 Å². The molecule has 1 atom stereocenters. The third-order valence-electron chi connectivity index (χ3n) is 7.07. The molecule has 0 saturated heterocycles. The van der Waals surface area contributed by atoms with Crippen molar-refractivity contribution in [3.8, 4) is 0 Å². The van der Waals surface area contributed by atoms with Crippen LogP contribution < -0.4 is 10.6 Å². The molecule has 0 fully saturated rings. The van der Waals surface area contributed by atoms with Crippen LogP contribution in [0.25, 0.3) is 10.9 Å². The first kappa shape index (κ1) is 29.5. The largest absolute Gasteiger partial charge is 0.480 e. The van der Waals surface area contributed by atoms with Gasteiger partial charge in [-0.05, 0) is 83.5 Å². The van der Waals surface area contributed by atoms with Crippen molar-refractivity contribution >= 4 is 28.6 Å². The Morgan fingerprint density at radius 2 is 1.95 bits per heavy atom. The number of hydrogen-bond donors (Lipinski definition) is 4. The smallest absolute Gasteiger partial charge is 0.326 e. The highest BCUT2D eigenvalue weighted by atomic mass is 16.5. The number of nitrogens with zero attached hydrogens (tertiary/aromatic N) is 3. The van der Waals surface area contributed by atoms with Crippen molar-refractivity contribution in [1.29, 1.82) is 0 Å². The lowest BCUT2D eigenvalue weighted by Gasteiger charge is -2.26. The number of hydrogen-bond acceptors (Lipinski definition) is 7. The number of aromatic nitrogens is 3. The Balaban J connectivity index is 1.31. The number of para-hydroxylation sites is 1. The van der Waals surface area contributed by atoms with Crippen molar-refractivity contribution in [2.45, 2.75) is 70.9 Å². The second-order valence-corrected chi connectivity index (χ2v) is 11.4. The van der Waals surface area contributed by atoms with Gasteiger partial charge in [0.25, 0.3) is 5.91 Å². The van der Waals surface area contributed by atoms with Gasteiger partial charge in [0.2, 0.25) is 0 Å². The van der Waals surface area contributed by atoms with E-state index in [0.29, 0.717) is 25.1 Å². The summed E-state index contributed by atoms with van der Waals surface area (Å²) in [6.45, 7) is 9.60. The van der Waals surface area contributed by atoms with Gasteiger partial charge in [0.1, 0.15) is 11.9 Å². The summed E-state index contributed by atoms with van der Waals surface area (Å²) in [5, 5.41) is 23.5. The fourth-order valence-corrected chi connectivity index (χ4v) is 4.90. The van der Waals surface area contributed by atoms with Crippen LogP contribution >= 0.6 is 0 Å². The number of aromatic amines is 1. The van der Waals surface area contributed by atoms with Gasteiger partial charge in [-0.2, -0.15) is 5.10 Å². The number of benzene rings is 1. The summed E-state index contributed by atoms with van der Waals surface area (Å²) in [6, 6.07) is 10.6. The SMILES string of the molecule is CC(C)(C)OCCN(CCCCc1ccc2c(n1)NCCC2)CCC(NC(=O)c1n[nH]c2ccccc12)C(=O)O. The molecule has 40 heavy (non-hydrogen) atoms. The number of amides is 1. The molecule has 4 N–H and O–H groups in total. The first-order chi connectivity index (χ1) is 19.2. The van der Waals surface area contributed by atoms with Crippen molar-refractivity contribution in [2.24, 2.45) is 0 Å². The first-order valence-corrected chi connectivity index (χ1v) is 14.3. The molecule has 3 heterocycles. The number of carbonyl (C=O) groups excluding carboxylic acids is 1. The fourth-order valence-electron chi connectivity index (χ4n) is 4.90. The van der Waals surface area contributed by atoms with E-state index in [0.717, 1.165) is 62.2 Å². The molecule has 0 spiro atoms. The molecule has 1 amide bonds. The van der Waals surface area contributed by atoms with Gasteiger partial charge in [0.05, 0.1) is 17.7 Å². The predicted molar refractivity (Wildman–Crippen MR) is 156 cm³/mol. The van der Waals surface area contributed by atoms with E-state index in [4.69, 9.17) is 9.72 Å². The van der Waals surface area contributed by atoms with E-state index < -0.39 is 17.9 Å². The summed E-state index contributed by atoms with van der Waals surface area (Å²) in [7, 11) is 0. The number of carbonyl (C=O) groups is 2. The Bertz CT molecular complexity index is 1280. The normalized spacial score (nSPS) is 14.1. The van der Waals surface area contributed by atoms with Crippen LogP contribution in [0.15, 0.2) is 36.4 Å². The summed E-state index contributed by atoms with van der Waals surface area (Å²) in [4.78, 5) is 32.0. The van der Waals surface area contributed by atoms with E-state index in [1.807, 2.05) is 39.0 Å². The van der Waals surface area contributed by atoms with Crippen LogP contribution in [0.3, 0.4) is 0 Å². The number of nitrogens with one attached hydrogen (secondary N) is 3. The second kappa shape index (κ2) is 13.7. The van der Waals surface area contributed by atoms with Crippen LogP contribution in [0.5, 0.6) is 0 Å². The monoisotopic (exact) mass is 550 g/mol. The van der Waals surface area contributed by atoms with Gasteiger partial charge in [0.15, 0.2) is 5.69 Å². The molecular weight excluding hydrogens is 508 g/mol. The Morgan fingerprint density at radius 1 is 1.12 bits per heavy atom. The van der Waals surface area contributed by atoms with E-state index in [2.05, 4.69) is 37.9 Å². The summed E-state index contributed by atoms with van der Waals surface area (Å²) >= 11 is 0. The van der Waals surface area contributed by atoms with E-state index in [1.54, 1.807) is 6.07 Å². The maximum atomic E-state index is 12.9. The quantitative estimate of drug-likeness (QED) is 0.221. The Labute approximate surface area is 235 Å². The van der Waals surface area contributed by atoms with Crippen LogP contribution in [0.1, 0.15) is 68.2 Å². The first-order valence-electron chi connectivity index (χ1n) is 14.3. The minimum atomic E-state index is -1.06. The summed E-state index contributed by atoms with van der Waals surface area (Å²) < 4.78 is 5.94. The van der Waals surface area contributed by atoms with Crippen LogP contribution in [0.2, 0.25) is 0 Å². The minimum absolute atomic E-state index is 0.197. The van der Waals surface area contributed by atoms with Gasteiger partial charge in [0, 0.05) is 30.7 Å². The van der Waals surface area contributed by atoms with E-state index in [-0.39, 0.29) is 17.7 Å². The average Bonchev–Trinajstić information content (AvgIpc) is 3.36. The molecule has 4 rings (SSSR count). The number of pyridine rings is 1. The topological polar surface area (TPSA) is 132 Å². The molecule has 0 saturated carbocycles. The highest BCUT2D eigenvalue weighted by molar-refractivity contribution is 6.05. The molecule has 0 aliphatic carbocycles. The zero-order chi connectivity index (χ0) is 28.5. The number of fused-ring (bicyclic) bond motifs is 2. The minimum Gasteiger partial charge on any atom is -0.480 e. The molecule has 10 nitrogen and oxygen atoms in total. The number of carboxylic acids is 1. The van der Waals surface area contributed by atoms with Crippen molar-refractivity contribution in [1.82, 2.24) is 25.4 Å². The number of rotatable bonds is 14. The molecule has 3 aromatic rings. The molecular formula is C30H42N6O4. The van der Waals surface area contributed by atoms with E-state index in [9.17, 15) is 14.7 Å². The number of carboxylic acid groups (broad SMARTS) is 1. The molecule has 1 unspecified atom stereocenters. The number of ether oxygens (including phenoxy) is 1. The lowest BCUT2D eigenvalue weighted by atomic mass is 10.1. The number of unbranched alkanes of at least 4 members (excludes halogenated alkanes) is 1. The third-order valence-corrected chi connectivity index (χ3v) is 7.07. The zero-order valence-electron chi connectivity index (χ0n) is 23.8. The van der Waals surface area contributed by atoms with Gasteiger partial charge < -0.3 is 25.4 Å². The van der Waals surface area contributed by atoms with Crippen LogP contribution in [0, 0.1) is 0 Å². The van der Waals surface area contributed by atoms with Gasteiger partial charge in [-0.3, -0.25) is 9.89 Å². The number of anilines is 1. The molecule has 1 aliphatic heterocycles. The van der Waals surface area contributed by atoms with E-state index >= 15 is 0 Å². The van der Waals surface area contributed by atoms with Gasteiger partial charge in [-0.1, -0.05) is 24.3 Å². The third kappa shape index (κ3) is 8.50. The summed E-state index contributed by atoms with van der Waals surface area (Å²) in [6.07, 6.45) is 5.33. The maximum Gasteiger partial charge on any atom is 0.326 e. The van der Waals surface area contributed by atoms with Crippen molar-refractivity contribution in [3.63, 3.8) is 0 Å². The van der Waals surface area contributed by atoms with Gasteiger partial charge >= 0.3 is 5.97 Å². The van der Waals surface area contributed by atoms with Gasteiger partial charge in [-0.15, -0.1) is 0 Å². The highest BCUT2D eigenvalue weighted by Gasteiger charge is 2.24. The summed E-state index contributed by atoms with van der Waals surface area (Å²) in [5.41, 5.74) is 3.06. The molecule has 2 aromatic heterocycles. The van der Waals surface area contributed by atoms with Crippen molar-refractivity contribution < 1.29 is 19.4 Å². The van der Waals surface area contributed by atoms with Crippen LogP contribution in [-0.4, -0.2) is 81.5 Å². The number of aliphatic carboxylic acids is 1. The fraction of sp³-hybridized carbons (Fsp3) is 0.533. The van der Waals surface area contributed by atoms with Crippen LogP contribution in [-0.2, 0) is 22.4 Å². The second-order valence-electron chi connectivity index (χ2n) is 11.4. The van der Waals surface area contributed by atoms with Crippen molar-refractivity contribution in [2.75, 3.05) is 38.1 Å².